The van der Waals surface area contributed by atoms with E-state index in [1.165, 1.54) is 0 Å². The summed E-state index contributed by atoms with van der Waals surface area (Å²) >= 11 is 0. The minimum atomic E-state index is -0.0491. The van der Waals surface area contributed by atoms with E-state index in [1.807, 2.05) is 37.3 Å². The van der Waals surface area contributed by atoms with E-state index in [0.717, 1.165) is 11.3 Å². The van der Waals surface area contributed by atoms with Crippen LogP contribution in [-0.4, -0.2) is 48.3 Å². The van der Waals surface area contributed by atoms with Gasteiger partial charge >= 0.3 is 6.03 Å². The SMILES string of the molecule is CC1CN(C(=O)NCCc2coc(-c3ccccc3)n2)CCO1. The third kappa shape index (κ3) is 4.10. The Morgan fingerprint density at radius 1 is 1.39 bits per heavy atom. The van der Waals surface area contributed by atoms with Crippen LogP contribution in [0.4, 0.5) is 4.79 Å². The molecule has 1 aliphatic rings. The molecule has 1 N–H and O–H groups in total. The molecule has 2 heterocycles. The van der Waals surface area contributed by atoms with Crippen molar-refractivity contribution in [1.82, 2.24) is 15.2 Å². The first kappa shape index (κ1) is 15.6. The molecule has 3 rings (SSSR count). The van der Waals surface area contributed by atoms with E-state index in [9.17, 15) is 4.79 Å². The molecule has 6 nitrogen and oxygen atoms in total. The summed E-state index contributed by atoms with van der Waals surface area (Å²) in [6.07, 6.45) is 2.38. The lowest BCUT2D eigenvalue weighted by molar-refractivity contribution is -0.00343. The first-order valence-electron chi connectivity index (χ1n) is 7.86. The number of benzene rings is 1. The molecule has 1 unspecified atom stereocenters. The normalized spacial score (nSPS) is 18.0. The summed E-state index contributed by atoms with van der Waals surface area (Å²) in [6.45, 7) is 4.37. The highest BCUT2D eigenvalue weighted by molar-refractivity contribution is 5.74. The number of carbonyl (C=O) groups is 1. The van der Waals surface area contributed by atoms with Crippen molar-refractivity contribution in [3.05, 3.63) is 42.3 Å². The molecule has 0 radical (unpaired) electrons. The van der Waals surface area contributed by atoms with Gasteiger partial charge in [-0.15, -0.1) is 0 Å². The van der Waals surface area contributed by atoms with E-state index in [-0.39, 0.29) is 12.1 Å². The molecule has 1 atom stereocenters. The molecule has 0 saturated carbocycles. The van der Waals surface area contributed by atoms with Gasteiger partial charge in [0.25, 0.3) is 0 Å². The molecule has 1 aromatic heterocycles. The van der Waals surface area contributed by atoms with Crippen molar-refractivity contribution in [3.63, 3.8) is 0 Å². The van der Waals surface area contributed by atoms with Crippen molar-refractivity contribution in [3.8, 4) is 11.5 Å². The maximum absolute atomic E-state index is 12.1. The third-order valence-corrected chi connectivity index (χ3v) is 3.76. The third-order valence-electron chi connectivity index (χ3n) is 3.76. The summed E-state index contributed by atoms with van der Waals surface area (Å²) in [5.41, 5.74) is 1.78. The fourth-order valence-electron chi connectivity index (χ4n) is 2.55. The van der Waals surface area contributed by atoms with E-state index in [1.54, 1.807) is 11.2 Å². The quantitative estimate of drug-likeness (QED) is 0.940. The number of oxazole rings is 1. The van der Waals surface area contributed by atoms with Gasteiger partial charge in [0.15, 0.2) is 0 Å². The fraction of sp³-hybridized carbons (Fsp3) is 0.412. The van der Waals surface area contributed by atoms with Crippen LogP contribution in [0.1, 0.15) is 12.6 Å². The lowest BCUT2D eigenvalue weighted by Gasteiger charge is -2.31. The lowest BCUT2D eigenvalue weighted by Crippen LogP contribution is -2.49. The number of nitrogens with one attached hydrogen (secondary N) is 1. The van der Waals surface area contributed by atoms with Crippen LogP contribution in [0.3, 0.4) is 0 Å². The molecule has 0 aliphatic carbocycles. The van der Waals surface area contributed by atoms with Crippen LogP contribution in [-0.2, 0) is 11.2 Å². The number of urea groups is 1. The predicted octanol–water partition coefficient (Wildman–Crippen LogP) is 2.31. The minimum Gasteiger partial charge on any atom is -0.444 e. The van der Waals surface area contributed by atoms with Gasteiger partial charge in [-0.2, -0.15) is 0 Å². The average Bonchev–Trinajstić information content (AvgIpc) is 3.04. The van der Waals surface area contributed by atoms with Crippen LogP contribution in [0.5, 0.6) is 0 Å². The van der Waals surface area contributed by atoms with E-state index in [2.05, 4.69) is 10.3 Å². The topological polar surface area (TPSA) is 67.6 Å². The Bertz CT molecular complexity index is 642. The zero-order chi connectivity index (χ0) is 16.1. The zero-order valence-electron chi connectivity index (χ0n) is 13.2. The monoisotopic (exact) mass is 315 g/mol. The van der Waals surface area contributed by atoms with E-state index in [0.29, 0.717) is 38.6 Å². The van der Waals surface area contributed by atoms with Gasteiger partial charge in [-0.25, -0.2) is 9.78 Å². The van der Waals surface area contributed by atoms with E-state index < -0.39 is 0 Å². The summed E-state index contributed by atoms with van der Waals surface area (Å²) < 4.78 is 10.9. The largest absolute Gasteiger partial charge is 0.444 e. The van der Waals surface area contributed by atoms with Crippen molar-refractivity contribution in [2.45, 2.75) is 19.4 Å². The maximum Gasteiger partial charge on any atom is 0.317 e. The van der Waals surface area contributed by atoms with Gasteiger partial charge in [0, 0.05) is 31.6 Å². The van der Waals surface area contributed by atoms with Gasteiger partial charge < -0.3 is 19.4 Å². The number of carbonyl (C=O) groups excluding carboxylic acids is 1. The van der Waals surface area contributed by atoms with Crippen LogP contribution in [0.25, 0.3) is 11.5 Å². The van der Waals surface area contributed by atoms with Gasteiger partial charge in [-0.3, -0.25) is 0 Å². The van der Waals surface area contributed by atoms with Crippen molar-refractivity contribution in [1.29, 1.82) is 0 Å². The molecule has 1 aliphatic heterocycles. The molecule has 1 saturated heterocycles. The molecular formula is C17H21N3O3. The molecule has 2 amide bonds. The number of hydrogen-bond acceptors (Lipinski definition) is 4. The molecule has 122 valence electrons. The van der Waals surface area contributed by atoms with Gasteiger partial charge in [0.2, 0.25) is 5.89 Å². The minimum absolute atomic E-state index is 0.0491. The number of morpholine rings is 1. The Hall–Kier alpha value is -2.34. The fourth-order valence-corrected chi connectivity index (χ4v) is 2.55. The average molecular weight is 315 g/mol. The van der Waals surface area contributed by atoms with Gasteiger partial charge in [-0.05, 0) is 19.1 Å². The second-order valence-electron chi connectivity index (χ2n) is 5.62. The summed E-state index contributed by atoms with van der Waals surface area (Å²) in [7, 11) is 0. The number of nitrogens with zero attached hydrogens (tertiary/aromatic N) is 2. The Balaban J connectivity index is 1.47. The van der Waals surface area contributed by atoms with E-state index in [4.69, 9.17) is 9.15 Å². The number of aromatic nitrogens is 1. The van der Waals surface area contributed by atoms with Crippen LogP contribution in [0.15, 0.2) is 41.0 Å². The number of ether oxygens (including phenoxy) is 1. The van der Waals surface area contributed by atoms with Crippen LogP contribution < -0.4 is 5.32 Å². The Kier molecular flexibility index (Phi) is 4.92. The molecule has 2 aromatic rings. The van der Waals surface area contributed by atoms with Crippen molar-refractivity contribution in [2.75, 3.05) is 26.2 Å². The maximum atomic E-state index is 12.1. The van der Waals surface area contributed by atoms with Crippen LogP contribution >= 0.6 is 0 Å². The van der Waals surface area contributed by atoms with E-state index >= 15 is 0 Å². The Labute approximate surface area is 135 Å². The van der Waals surface area contributed by atoms with Crippen molar-refractivity contribution >= 4 is 6.03 Å². The van der Waals surface area contributed by atoms with Gasteiger partial charge in [0.05, 0.1) is 18.4 Å². The molecule has 1 fully saturated rings. The summed E-state index contributed by atoms with van der Waals surface area (Å²) in [4.78, 5) is 18.3. The second-order valence-corrected chi connectivity index (χ2v) is 5.62. The van der Waals surface area contributed by atoms with Crippen molar-refractivity contribution in [2.24, 2.45) is 0 Å². The van der Waals surface area contributed by atoms with Gasteiger partial charge in [-0.1, -0.05) is 18.2 Å². The number of amides is 2. The van der Waals surface area contributed by atoms with Crippen LogP contribution in [0, 0.1) is 0 Å². The molecule has 6 heteroatoms. The predicted molar refractivity (Wildman–Crippen MR) is 86.0 cm³/mol. The molecular weight excluding hydrogens is 294 g/mol. The first-order valence-corrected chi connectivity index (χ1v) is 7.86. The number of rotatable bonds is 4. The Morgan fingerprint density at radius 2 is 2.22 bits per heavy atom. The van der Waals surface area contributed by atoms with Crippen molar-refractivity contribution < 1.29 is 13.9 Å². The standard InChI is InChI=1S/C17H21N3O3/c1-13-11-20(9-10-22-13)17(21)18-8-7-15-12-23-16(19-15)14-5-3-2-4-6-14/h2-6,12-13H,7-11H2,1H3,(H,18,21). The van der Waals surface area contributed by atoms with Crippen LogP contribution in [0.2, 0.25) is 0 Å². The molecule has 1 aromatic carbocycles. The molecule has 0 bridgehead atoms. The second kappa shape index (κ2) is 7.28. The molecule has 23 heavy (non-hydrogen) atoms. The highest BCUT2D eigenvalue weighted by atomic mass is 16.5. The lowest BCUT2D eigenvalue weighted by atomic mass is 10.2. The molecule has 0 spiro atoms. The smallest absolute Gasteiger partial charge is 0.317 e. The highest BCUT2D eigenvalue weighted by Crippen LogP contribution is 2.17. The highest BCUT2D eigenvalue weighted by Gasteiger charge is 2.20. The zero-order valence-corrected chi connectivity index (χ0v) is 13.2. The number of hydrogen-bond donors (Lipinski definition) is 1. The van der Waals surface area contributed by atoms with Gasteiger partial charge in [0.1, 0.15) is 6.26 Å². The summed E-state index contributed by atoms with van der Waals surface area (Å²) in [5, 5.41) is 2.92. The Morgan fingerprint density at radius 3 is 3.00 bits per heavy atom. The summed E-state index contributed by atoms with van der Waals surface area (Å²) in [6, 6.07) is 9.71. The first-order chi connectivity index (χ1) is 11.2. The summed E-state index contributed by atoms with van der Waals surface area (Å²) in [5.74, 6) is 0.605.